The maximum atomic E-state index is 16.9. The standard InChI is InChI=1S/C56H67ClFN9O8S.H2/c1-33(35-10-12-36(13-11-35)50-34(2)60-32-76-50)61-53(71)45-28-39(69)30-67(45)54(72)51(56(3,4)5)62-46(70)31-73-24-25-74-40-14-18-65(19-15-40)22-23-75-55-63-49-43(52(64-55)66-20-16-59-17-21-66)29-44(57)47(48(49)58)42-27-38(68)26-37-8-6-7-9-41(37)42;/h6-13,26-27,29,32-33,39-40,45,51,59,68-69H,14-25,28,30-31H2,1-5H3,(H,61,71)(H,62,70);1H/t33-,39+,45-,51+;/m0./s1. The predicted octanol–water partition coefficient (Wildman–Crippen LogP) is 7.28. The summed E-state index contributed by atoms with van der Waals surface area (Å²) >= 11 is 8.45. The zero-order chi connectivity index (χ0) is 53.7. The fraction of sp³-hybridized carbons (Fsp3) is 0.464. The van der Waals surface area contributed by atoms with Gasteiger partial charge in [0.15, 0.2) is 5.82 Å². The Kier molecular flexibility index (Phi) is 17.3. The lowest BCUT2D eigenvalue weighted by Gasteiger charge is -2.35. The molecule has 0 unspecified atom stereocenters. The molecular weight excluding hydrogens is 1010 g/mol. The van der Waals surface area contributed by atoms with E-state index >= 15 is 4.39 Å². The Morgan fingerprint density at radius 1 is 0.974 bits per heavy atom. The quantitative estimate of drug-likeness (QED) is 0.0537. The van der Waals surface area contributed by atoms with Crippen molar-refractivity contribution in [2.75, 3.05) is 83.7 Å². The summed E-state index contributed by atoms with van der Waals surface area (Å²) in [5.74, 6) is -1.39. The molecule has 17 nitrogen and oxygen atoms in total. The number of β-amino-alcohol motifs (C(OH)–C–C–N with tert-alkyl or cyclic N) is 1. The first-order valence-corrected chi connectivity index (χ1v) is 27.3. The number of amides is 3. The Morgan fingerprint density at radius 2 is 1.72 bits per heavy atom. The Hall–Kier alpha value is -6.06. The molecule has 4 aromatic carbocycles. The van der Waals surface area contributed by atoms with Crippen LogP contribution in [-0.4, -0.2) is 156 Å². The molecule has 0 radical (unpaired) electrons. The van der Waals surface area contributed by atoms with Crippen LogP contribution in [0, 0.1) is 18.2 Å². The minimum absolute atomic E-state index is 0. The molecule has 0 spiro atoms. The predicted molar refractivity (Wildman–Crippen MR) is 294 cm³/mol. The largest absolute Gasteiger partial charge is 0.508 e. The number of aliphatic hydroxyl groups excluding tert-OH is 1. The first-order chi connectivity index (χ1) is 36.5. The van der Waals surface area contributed by atoms with E-state index in [1.807, 2.05) is 88.7 Å². The minimum Gasteiger partial charge on any atom is -0.508 e. The number of ether oxygens (including phenoxy) is 3. The van der Waals surface area contributed by atoms with E-state index in [4.69, 9.17) is 30.8 Å². The van der Waals surface area contributed by atoms with Crippen molar-refractivity contribution in [1.29, 1.82) is 0 Å². The molecule has 3 aliphatic heterocycles. The SMILES string of the molecule is Cc1ncsc1-c1ccc([C@H](C)NC(=O)[C@@H]2C[C@@H](O)CN2C(=O)[C@@H](NC(=O)COCCOC2CCN(CCOc3nc(N4CCNCC4)c4cc(Cl)c(-c5cc(O)cc6ccccc56)c(F)c4n3)CC2)C(C)(C)C)cc1.[HH]. The number of aryl methyl sites for hydroxylation is 1. The maximum Gasteiger partial charge on any atom is 0.319 e. The molecule has 5 N–H and O–H groups in total. The summed E-state index contributed by atoms with van der Waals surface area (Å²) in [4.78, 5) is 61.7. The number of rotatable bonds is 18. The second-order valence-corrected chi connectivity index (χ2v) is 22.2. The number of nitrogens with zero attached hydrogens (tertiary/aromatic N) is 6. The molecule has 5 heterocycles. The van der Waals surface area contributed by atoms with Crippen molar-refractivity contribution in [3.63, 3.8) is 0 Å². The highest BCUT2D eigenvalue weighted by Crippen LogP contribution is 2.43. The second kappa shape index (κ2) is 24.1. The van der Waals surface area contributed by atoms with Gasteiger partial charge < -0.3 is 50.2 Å². The number of nitrogens with one attached hydrogen (secondary N) is 3. The van der Waals surface area contributed by atoms with E-state index in [2.05, 4.69) is 35.7 Å². The van der Waals surface area contributed by atoms with Crippen molar-refractivity contribution >= 4 is 68.2 Å². The van der Waals surface area contributed by atoms with Crippen molar-refractivity contribution in [3.8, 4) is 33.3 Å². The van der Waals surface area contributed by atoms with Crippen LogP contribution in [-0.2, 0) is 23.9 Å². The molecule has 0 aliphatic carbocycles. The van der Waals surface area contributed by atoms with Gasteiger partial charge in [0, 0.05) is 71.2 Å². The Balaban J connectivity index is 0.00000784. The number of likely N-dealkylation sites (tertiary alicyclic amines) is 2. The van der Waals surface area contributed by atoms with E-state index in [-0.39, 0.29) is 86.7 Å². The van der Waals surface area contributed by atoms with E-state index in [1.165, 1.54) is 11.0 Å². The zero-order valence-corrected chi connectivity index (χ0v) is 45.2. The average molecular weight is 1080 g/mol. The van der Waals surface area contributed by atoms with Gasteiger partial charge in [0.2, 0.25) is 17.7 Å². The summed E-state index contributed by atoms with van der Waals surface area (Å²) in [5, 5.41) is 32.7. The summed E-state index contributed by atoms with van der Waals surface area (Å²) in [7, 11) is 0. The van der Waals surface area contributed by atoms with Crippen LogP contribution in [0.4, 0.5) is 10.2 Å². The number of piperidine rings is 1. The van der Waals surface area contributed by atoms with E-state index in [9.17, 15) is 24.6 Å². The molecule has 20 heteroatoms. The number of anilines is 1. The average Bonchev–Trinajstić information content (AvgIpc) is 4.05. The number of halogens is 2. The first kappa shape index (κ1) is 54.7. The third-order valence-electron chi connectivity index (χ3n) is 14.4. The third kappa shape index (κ3) is 12.7. The summed E-state index contributed by atoms with van der Waals surface area (Å²) < 4.78 is 34.9. The monoisotopic (exact) mass is 1080 g/mol. The van der Waals surface area contributed by atoms with Gasteiger partial charge in [0.1, 0.15) is 42.4 Å². The molecular formula is C56H69ClFN9O8S. The summed E-state index contributed by atoms with van der Waals surface area (Å²) in [5.41, 5.74) is 4.67. The van der Waals surface area contributed by atoms with Gasteiger partial charge in [0.25, 0.3) is 0 Å². The van der Waals surface area contributed by atoms with Crippen molar-refractivity contribution in [1.82, 2.24) is 40.7 Å². The molecule has 2 aromatic heterocycles. The molecule has 0 bridgehead atoms. The normalized spacial score (nSPS) is 18.5. The smallest absolute Gasteiger partial charge is 0.319 e. The van der Waals surface area contributed by atoms with Crippen LogP contribution in [0.1, 0.15) is 65.7 Å². The lowest BCUT2D eigenvalue weighted by Crippen LogP contribution is -2.58. The van der Waals surface area contributed by atoms with Gasteiger partial charge in [-0.1, -0.05) is 80.9 Å². The molecule has 6 aromatic rings. The number of aliphatic hydroxyl groups is 1. The van der Waals surface area contributed by atoms with Crippen LogP contribution in [0.5, 0.6) is 11.8 Å². The summed E-state index contributed by atoms with van der Waals surface area (Å²) in [6.07, 6.45) is 0.740. The van der Waals surface area contributed by atoms with E-state index in [1.54, 1.807) is 23.5 Å². The maximum absolute atomic E-state index is 16.9. The fourth-order valence-electron chi connectivity index (χ4n) is 10.3. The van der Waals surface area contributed by atoms with Gasteiger partial charge in [-0.15, -0.1) is 11.3 Å². The van der Waals surface area contributed by atoms with Crippen LogP contribution in [0.2, 0.25) is 5.02 Å². The van der Waals surface area contributed by atoms with Crippen LogP contribution in [0.25, 0.3) is 43.2 Å². The molecule has 3 amide bonds. The zero-order valence-electron chi connectivity index (χ0n) is 43.6. The second-order valence-electron chi connectivity index (χ2n) is 20.9. The third-order valence-corrected chi connectivity index (χ3v) is 15.7. The summed E-state index contributed by atoms with van der Waals surface area (Å²) in [6, 6.07) is 18.0. The minimum atomic E-state index is -0.986. The number of benzene rings is 4. The molecule has 3 aliphatic rings. The van der Waals surface area contributed by atoms with Gasteiger partial charge in [0.05, 0.1) is 52.6 Å². The fourth-order valence-corrected chi connectivity index (χ4v) is 11.4. The van der Waals surface area contributed by atoms with Crippen LogP contribution in [0.15, 0.2) is 72.2 Å². The van der Waals surface area contributed by atoms with Crippen LogP contribution >= 0.6 is 22.9 Å². The van der Waals surface area contributed by atoms with Crippen LogP contribution < -0.4 is 25.6 Å². The van der Waals surface area contributed by atoms with Crippen molar-refractivity contribution in [2.45, 2.75) is 84.2 Å². The van der Waals surface area contributed by atoms with Gasteiger partial charge >= 0.3 is 6.01 Å². The molecule has 406 valence electrons. The van der Waals surface area contributed by atoms with Crippen molar-refractivity contribution < 1.29 is 44.6 Å². The highest BCUT2D eigenvalue weighted by molar-refractivity contribution is 7.13. The Bertz CT molecular complexity index is 3040. The number of phenols is 1. The number of hydrogen-bond donors (Lipinski definition) is 5. The summed E-state index contributed by atoms with van der Waals surface area (Å²) in [6.45, 7) is 14.7. The number of aromatic hydroxyl groups is 1. The van der Waals surface area contributed by atoms with E-state index in [0.717, 1.165) is 71.5 Å². The number of piperazine rings is 1. The number of phenolic OH excluding ortho intramolecular Hbond substituents is 1. The molecule has 9 rings (SSSR count). The molecule has 4 atom stereocenters. The topological polar surface area (TPSA) is 204 Å². The van der Waals surface area contributed by atoms with Crippen molar-refractivity contribution in [3.05, 3.63) is 94.3 Å². The van der Waals surface area contributed by atoms with Gasteiger partial charge in [-0.25, -0.2) is 9.37 Å². The lowest BCUT2D eigenvalue weighted by atomic mass is 9.85. The number of carbonyl (C=O) groups excluding carboxylic acids is 3. The lowest BCUT2D eigenvalue weighted by molar-refractivity contribution is -0.144. The number of hydrogen-bond acceptors (Lipinski definition) is 15. The molecule has 76 heavy (non-hydrogen) atoms. The number of fused-ring (bicyclic) bond motifs is 2. The Morgan fingerprint density at radius 3 is 2.45 bits per heavy atom. The van der Waals surface area contributed by atoms with Gasteiger partial charge in [-0.2, -0.15) is 9.97 Å². The highest BCUT2D eigenvalue weighted by atomic mass is 35.5. The number of aromatic nitrogens is 3. The molecule has 3 fully saturated rings. The molecule has 3 saturated heterocycles. The Labute approximate surface area is 452 Å². The van der Waals surface area contributed by atoms with Gasteiger partial charge in [-0.3, -0.25) is 19.3 Å². The highest BCUT2D eigenvalue weighted by Gasteiger charge is 2.45. The van der Waals surface area contributed by atoms with Crippen LogP contribution in [0.3, 0.4) is 0 Å². The van der Waals surface area contributed by atoms with E-state index < -0.39 is 41.2 Å². The number of carbonyl (C=O) groups is 3. The first-order valence-electron chi connectivity index (χ1n) is 26.0. The van der Waals surface area contributed by atoms with E-state index in [0.29, 0.717) is 36.4 Å². The van der Waals surface area contributed by atoms with Gasteiger partial charge in [-0.05, 0) is 77.8 Å². The molecule has 0 saturated carbocycles. The van der Waals surface area contributed by atoms with Crippen molar-refractivity contribution in [2.24, 2.45) is 5.41 Å². The number of thiazole rings is 1.